The first kappa shape index (κ1) is 18.5. The van der Waals surface area contributed by atoms with E-state index < -0.39 is 15.6 Å². The smallest absolute Gasteiger partial charge is 0.270 e. The third-order valence-electron chi connectivity index (χ3n) is 3.10. The summed E-state index contributed by atoms with van der Waals surface area (Å²) in [6.45, 7) is 6.93. The Morgan fingerprint density at radius 2 is 1.83 bits per heavy atom. The molecule has 1 heterocycles. The zero-order chi connectivity index (χ0) is 18.0. The Morgan fingerprint density at radius 1 is 1.21 bits per heavy atom. The Bertz CT molecular complexity index is 827. The number of carbonyl (C=O) groups is 1. The molecule has 0 spiro atoms. The van der Waals surface area contributed by atoms with Crippen LogP contribution in [0.1, 0.15) is 31.9 Å². The van der Waals surface area contributed by atoms with Gasteiger partial charge in [0.1, 0.15) is 0 Å². The van der Waals surface area contributed by atoms with Gasteiger partial charge in [-0.1, -0.05) is 41.2 Å². The van der Waals surface area contributed by atoms with Gasteiger partial charge in [0, 0.05) is 12.5 Å². The molecule has 0 saturated heterocycles. The molecule has 0 radical (unpaired) electrons. The average Bonchev–Trinajstić information content (AvgIpc) is 2.88. The third-order valence-corrected chi connectivity index (χ3v) is 6.00. The van der Waals surface area contributed by atoms with E-state index in [1.165, 1.54) is 6.92 Å². The fourth-order valence-corrected chi connectivity index (χ4v) is 4.54. The van der Waals surface area contributed by atoms with Crippen molar-refractivity contribution in [1.29, 1.82) is 0 Å². The molecule has 0 fully saturated rings. The predicted molar refractivity (Wildman–Crippen MR) is 93.5 cm³/mol. The van der Waals surface area contributed by atoms with Crippen LogP contribution >= 0.6 is 11.3 Å². The quantitative estimate of drug-likeness (QED) is 0.761. The summed E-state index contributed by atoms with van der Waals surface area (Å²) in [5, 5.41) is 9.88. The van der Waals surface area contributed by atoms with Crippen LogP contribution in [0.5, 0.6) is 0 Å². The summed E-state index contributed by atoms with van der Waals surface area (Å²) in [6, 6.07) is 7.94. The van der Waals surface area contributed by atoms with Crippen LogP contribution < -0.4 is 10.0 Å². The highest BCUT2D eigenvalue weighted by molar-refractivity contribution is 7.91. The molecule has 2 N–H and O–H groups in total. The van der Waals surface area contributed by atoms with Gasteiger partial charge < -0.3 is 5.32 Å². The lowest BCUT2D eigenvalue weighted by atomic mass is 9.96. The minimum atomic E-state index is -3.82. The molecule has 0 saturated carbocycles. The Balaban J connectivity index is 2.13. The second-order valence-electron chi connectivity index (χ2n) is 6.21. The number of aromatic nitrogens is 2. The summed E-state index contributed by atoms with van der Waals surface area (Å²) in [4.78, 5) is 11.0. The van der Waals surface area contributed by atoms with Crippen LogP contribution in [0.25, 0.3) is 0 Å². The van der Waals surface area contributed by atoms with Crippen LogP contribution in [0.2, 0.25) is 0 Å². The Hall–Kier alpha value is -1.84. The van der Waals surface area contributed by atoms with E-state index in [-0.39, 0.29) is 15.4 Å². The maximum atomic E-state index is 12.5. The molecule has 0 aliphatic heterocycles. The molecule has 9 heteroatoms. The van der Waals surface area contributed by atoms with E-state index in [1.807, 2.05) is 31.2 Å². The minimum Gasteiger partial charge on any atom is -0.301 e. The van der Waals surface area contributed by atoms with Gasteiger partial charge in [-0.05, 0) is 32.8 Å². The summed E-state index contributed by atoms with van der Waals surface area (Å²) < 4.78 is 27.4. The minimum absolute atomic E-state index is 0.152. The van der Waals surface area contributed by atoms with Crippen molar-refractivity contribution in [3.8, 4) is 0 Å². The van der Waals surface area contributed by atoms with Gasteiger partial charge in [-0.15, -0.1) is 10.2 Å². The highest BCUT2D eigenvalue weighted by atomic mass is 32.2. The number of aryl methyl sites for hydroxylation is 1. The zero-order valence-corrected chi connectivity index (χ0v) is 15.6. The lowest BCUT2D eigenvalue weighted by Crippen LogP contribution is -2.44. The number of hydrogen-bond acceptors (Lipinski definition) is 6. The molecule has 0 aliphatic rings. The van der Waals surface area contributed by atoms with Crippen molar-refractivity contribution >= 4 is 32.4 Å². The molecular formula is C15H20N4O3S2. The van der Waals surface area contributed by atoms with E-state index in [9.17, 15) is 13.2 Å². The van der Waals surface area contributed by atoms with E-state index in [2.05, 4.69) is 20.2 Å². The Morgan fingerprint density at radius 3 is 2.42 bits per heavy atom. The molecule has 0 bridgehead atoms. The van der Waals surface area contributed by atoms with Crippen LogP contribution in [-0.2, 0) is 21.2 Å². The average molecular weight is 368 g/mol. The number of rotatable bonds is 6. The summed E-state index contributed by atoms with van der Waals surface area (Å²) in [5.74, 6) is -0.331. The molecule has 7 nitrogen and oxygen atoms in total. The zero-order valence-electron chi connectivity index (χ0n) is 14.0. The van der Waals surface area contributed by atoms with Gasteiger partial charge in [-0.25, -0.2) is 13.1 Å². The number of nitrogens with one attached hydrogen (secondary N) is 2. The molecule has 2 aromatic rings. The number of amides is 1. The summed E-state index contributed by atoms with van der Waals surface area (Å²) in [5.41, 5.74) is 1.48. The number of hydrogen-bond donors (Lipinski definition) is 2. The fourth-order valence-electron chi connectivity index (χ4n) is 2.18. The summed E-state index contributed by atoms with van der Waals surface area (Å²) in [6.07, 6.45) is 0.532. The SMILES string of the molecule is CC(=O)Nc1nnc(S(=O)(=O)NC(C)(C)Cc2ccc(C)cc2)s1. The van der Waals surface area contributed by atoms with Crippen molar-refractivity contribution in [1.82, 2.24) is 14.9 Å². The van der Waals surface area contributed by atoms with Crippen molar-refractivity contribution < 1.29 is 13.2 Å². The lowest BCUT2D eigenvalue weighted by molar-refractivity contribution is -0.114. The number of benzene rings is 1. The van der Waals surface area contributed by atoms with Crippen molar-refractivity contribution in [3.63, 3.8) is 0 Å². The molecule has 0 aliphatic carbocycles. The topological polar surface area (TPSA) is 101 Å². The van der Waals surface area contributed by atoms with Gasteiger partial charge in [0.15, 0.2) is 0 Å². The Labute approximate surface area is 145 Å². The van der Waals surface area contributed by atoms with Crippen molar-refractivity contribution in [2.75, 3.05) is 5.32 Å². The second-order valence-corrected chi connectivity index (χ2v) is 9.04. The number of anilines is 1. The van der Waals surface area contributed by atoms with E-state index in [0.717, 1.165) is 22.5 Å². The largest absolute Gasteiger partial charge is 0.301 e. The highest BCUT2D eigenvalue weighted by Crippen LogP contribution is 2.22. The second kappa shape index (κ2) is 6.96. The van der Waals surface area contributed by atoms with Crippen molar-refractivity contribution in [3.05, 3.63) is 35.4 Å². The number of sulfonamides is 1. The lowest BCUT2D eigenvalue weighted by Gasteiger charge is -2.25. The van der Waals surface area contributed by atoms with E-state index >= 15 is 0 Å². The van der Waals surface area contributed by atoms with Crippen LogP contribution in [-0.4, -0.2) is 30.1 Å². The van der Waals surface area contributed by atoms with Crippen LogP contribution in [0, 0.1) is 6.92 Å². The van der Waals surface area contributed by atoms with Crippen molar-refractivity contribution in [2.45, 2.75) is 44.0 Å². The summed E-state index contributed by atoms with van der Waals surface area (Å²) in [7, 11) is -3.82. The molecule has 130 valence electrons. The van der Waals surface area contributed by atoms with E-state index in [1.54, 1.807) is 13.8 Å². The molecular weight excluding hydrogens is 348 g/mol. The first-order valence-electron chi connectivity index (χ1n) is 7.28. The standard InChI is InChI=1S/C15H20N4O3S2/c1-10-5-7-12(8-6-10)9-15(3,4)19-24(21,22)14-18-17-13(23-14)16-11(2)20/h5-8,19H,9H2,1-4H3,(H,16,17,20). The maximum absolute atomic E-state index is 12.5. The normalized spacial score (nSPS) is 12.2. The number of carbonyl (C=O) groups excluding carboxylic acids is 1. The van der Waals surface area contributed by atoms with E-state index in [0.29, 0.717) is 6.42 Å². The van der Waals surface area contributed by atoms with Crippen molar-refractivity contribution in [2.24, 2.45) is 0 Å². The molecule has 2 rings (SSSR count). The van der Waals surface area contributed by atoms with Gasteiger partial charge in [-0.3, -0.25) is 4.79 Å². The predicted octanol–water partition coefficient (Wildman–Crippen LogP) is 2.10. The van der Waals surface area contributed by atoms with Crippen LogP contribution in [0.15, 0.2) is 28.6 Å². The van der Waals surface area contributed by atoms with E-state index in [4.69, 9.17) is 0 Å². The van der Waals surface area contributed by atoms with Gasteiger partial charge >= 0.3 is 0 Å². The molecule has 1 aromatic carbocycles. The molecule has 1 amide bonds. The van der Waals surface area contributed by atoms with Gasteiger partial charge in [-0.2, -0.15) is 0 Å². The van der Waals surface area contributed by atoms with Gasteiger partial charge in [0.25, 0.3) is 10.0 Å². The molecule has 0 unspecified atom stereocenters. The van der Waals surface area contributed by atoms with Crippen LogP contribution in [0.3, 0.4) is 0 Å². The first-order valence-corrected chi connectivity index (χ1v) is 9.58. The molecule has 1 aromatic heterocycles. The first-order chi connectivity index (χ1) is 11.1. The highest BCUT2D eigenvalue weighted by Gasteiger charge is 2.29. The number of nitrogens with zero attached hydrogens (tertiary/aromatic N) is 2. The Kier molecular flexibility index (Phi) is 5.36. The molecule has 0 atom stereocenters. The third kappa shape index (κ3) is 5.08. The maximum Gasteiger partial charge on any atom is 0.270 e. The summed E-state index contributed by atoms with van der Waals surface area (Å²) >= 11 is 0.812. The van der Waals surface area contributed by atoms with Gasteiger partial charge in [0.05, 0.1) is 0 Å². The molecule has 24 heavy (non-hydrogen) atoms. The fraction of sp³-hybridized carbons (Fsp3) is 0.400. The van der Waals surface area contributed by atoms with Crippen LogP contribution in [0.4, 0.5) is 5.13 Å². The van der Waals surface area contributed by atoms with Gasteiger partial charge in [0.2, 0.25) is 15.4 Å². The monoisotopic (exact) mass is 368 g/mol.